The summed E-state index contributed by atoms with van der Waals surface area (Å²) >= 11 is 0. The summed E-state index contributed by atoms with van der Waals surface area (Å²) in [6.45, 7) is 3.41. The van der Waals surface area contributed by atoms with Crippen molar-refractivity contribution in [3.05, 3.63) is 0 Å². The third-order valence-electron chi connectivity index (χ3n) is 3.31. The van der Waals surface area contributed by atoms with Crippen LogP contribution in [0.3, 0.4) is 0 Å². The minimum absolute atomic E-state index is 0.0241. The summed E-state index contributed by atoms with van der Waals surface area (Å²) < 4.78 is 5.07. The van der Waals surface area contributed by atoms with Crippen LogP contribution in [-0.4, -0.2) is 66.1 Å². The van der Waals surface area contributed by atoms with Gasteiger partial charge in [0.1, 0.15) is 0 Å². The van der Waals surface area contributed by atoms with Crippen LogP contribution in [0.1, 0.15) is 19.8 Å². The molecular formula is C12H22N2O5. The average Bonchev–Trinajstić information content (AvgIpc) is 2.74. The molecule has 0 aromatic rings. The second-order valence-electron chi connectivity index (χ2n) is 4.70. The van der Waals surface area contributed by atoms with Crippen LogP contribution in [0.4, 0.5) is 4.79 Å². The molecule has 0 spiro atoms. The summed E-state index contributed by atoms with van der Waals surface area (Å²) in [4.78, 5) is 23.7. The van der Waals surface area contributed by atoms with Crippen LogP contribution in [-0.2, 0) is 9.53 Å². The Labute approximate surface area is 112 Å². The van der Waals surface area contributed by atoms with Crippen LogP contribution in [0.5, 0.6) is 0 Å². The number of carbonyl (C=O) groups is 2. The van der Waals surface area contributed by atoms with Crippen molar-refractivity contribution in [3.8, 4) is 0 Å². The maximum absolute atomic E-state index is 11.9. The number of amides is 2. The fraction of sp³-hybridized carbons (Fsp3) is 0.833. The van der Waals surface area contributed by atoms with Crippen molar-refractivity contribution >= 4 is 12.0 Å². The first-order chi connectivity index (χ1) is 9.06. The van der Waals surface area contributed by atoms with Gasteiger partial charge in [0.05, 0.1) is 32.3 Å². The molecule has 1 saturated heterocycles. The van der Waals surface area contributed by atoms with Crippen LogP contribution in [0.25, 0.3) is 0 Å². The highest BCUT2D eigenvalue weighted by molar-refractivity contribution is 5.74. The first-order valence-electron chi connectivity index (χ1n) is 6.51. The van der Waals surface area contributed by atoms with Gasteiger partial charge in [-0.15, -0.1) is 0 Å². The first-order valence-corrected chi connectivity index (χ1v) is 6.51. The first kappa shape index (κ1) is 15.7. The van der Waals surface area contributed by atoms with E-state index in [9.17, 15) is 14.7 Å². The lowest BCUT2D eigenvalue weighted by molar-refractivity contribution is -0.138. The largest absolute Gasteiger partial charge is 0.481 e. The number of urea groups is 1. The van der Waals surface area contributed by atoms with Gasteiger partial charge in [-0.05, 0) is 12.3 Å². The molecule has 7 heteroatoms. The Balaban J connectivity index is 2.15. The smallest absolute Gasteiger partial charge is 0.317 e. The Bertz CT molecular complexity index is 310. The van der Waals surface area contributed by atoms with Crippen LogP contribution in [0, 0.1) is 5.92 Å². The molecule has 0 aromatic carbocycles. The van der Waals surface area contributed by atoms with E-state index in [-0.39, 0.29) is 38.3 Å². The van der Waals surface area contributed by atoms with Crippen molar-refractivity contribution in [2.45, 2.75) is 25.8 Å². The van der Waals surface area contributed by atoms with Crippen molar-refractivity contribution in [2.75, 3.05) is 32.9 Å². The minimum atomic E-state index is -0.902. The summed E-state index contributed by atoms with van der Waals surface area (Å²) in [5.74, 6) is -0.594. The monoisotopic (exact) mass is 274 g/mol. The molecule has 0 aromatic heterocycles. The number of ether oxygens (including phenoxy) is 1. The predicted octanol–water partition coefficient (Wildman–Crippen LogP) is -0.110. The van der Waals surface area contributed by atoms with Crippen molar-refractivity contribution < 1.29 is 24.5 Å². The fourth-order valence-corrected chi connectivity index (χ4v) is 2.13. The van der Waals surface area contributed by atoms with Crippen molar-refractivity contribution in [1.29, 1.82) is 0 Å². The van der Waals surface area contributed by atoms with Crippen molar-refractivity contribution in [3.63, 3.8) is 0 Å². The SMILES string of the molecule is CC1CCN(C(=O)NCCOCCC(=O)O)C1CO. The summed E-state index contributed by atoms with van der Waals surface area (Å²) in [5.41, 5.74) is 0. The number of carboxylic acids is 1. The van der Waals surface area contributed by atoms with E-state index in [0.717, 1.165) is 6.42 Å². The molecule has 0 aliphatic carbocycles. The van der Waals surface area contributed by atoms with E-state index >= 15 is 0 Å². The highest BCUT2D eigenvalue weighted by Gasteiger charge is 2.33. The van der Waals surface area contributed by atoms with E-state index in [2.05, 4.69) is 5.32 Å². The van der Waals surface area contributed by atoms with E-state index in [1.807, 2.05) is 6.92 Å². The molecule has 1 aliphatic heterocycles. The number of rotatable bonds is 7. The maximum atomic E-state index is 11.9. The maximum Gasteiger partial charge on any atom is 0.317 e. The van der Waals surface area contributed by atoms with Gasteiger partial charge in [-0.25, -0.2) is 4.79 Å². The topological polar surface area (TPSA) is 99.1 Å². The van der Waals surface area contributed by atoms with Gasteiger partial charge in [0, 0.05) is 13.1 Å². The molecule has 3 N–H and O–H groups in total. The molecule has 2 atom stereocenters. The Morgan fingerprint density at radius 1 is 1.42 bits per heavy atom. The molecule has 7 nitrogen and oxygen atoms in total. The van der Waals surface area contributed by atoms with E-state index < -0.39 is 5.97 Å². The molecule has 0 bridgehead atoms. The molecule has 0 radical (unpaired) electrons. The lowest BCUT2D eigenvalue weighted by atomic mass is 10.0. The van der Waals surface area contributed by atoms with Crippen LogP contribution in [0.2, 0.25) is 0 Å². The number of carboxylic acid groups (broad SMARTS) is 1. The second kappa shape index (κ2) is 7.96. The van der Waals surface area contributed by atoms with Crippen molar-refractivity contribution in [1.82, 2.24) is 10.2 Å². The number of aliphatic hydroxyl groups is 1. The highest BCUT2D eigenvalue weighted by atomic mass is 16.5. The number of carbonyl (C=O) groups excluding carboxylic acids is 1. The third-order valence-corrected chi connectivity index (χ3v) is 3.31. The number of aliphatic carboxylic acids is 1. The third kappa shape index (κ3) is 5.04. The normalized spacial score (nSPS) is 22.5. The standard InChI is InChI=1S/C12H22N2O5/c1-9-2-5-14(10(9)8-15)12(18)13-4-7-19-6-3-11(16)17/h9-10,15H,2-8H2,1H3,(H,13,18)(H,16,17). The van der Waals surface area contributed by atoms with E-state index in [4.69, 9.17) is 9.84 Å². The van der Waals surface area contributed by atoms with E-state index in [1.54, 1.807) is 4.90 Å². The zero-order valence-electron chi connectivity index (χ0n) is 11.2. The molecule has 110 valence electrons. The number of nitrogens with zero attached hydrogens (tertiary/aromatic N) is 1. The molecule has 2 unspecified atom stereocenters. The van der Waals surface area contributed by atoms with Crippen molar-refractivity contribution in [2.24, 2.45) is 5.92 Å². The van der Waals surface area contributed by atoms with Crippen LogP contribution < -0.4 is 5.32 Å². The molecule has 1 fully saturated rings. The minimum Gasteiger partial charge on any atom is -0.481 e. The molecule has 1 aliphatic rings. The molecule has 0 saturated carbocycles. The number of hydrogen-bond donors (Lipinski definition) is 3. The quantitative estimate of drug-likeness (QED) is 0.563. The summed E-state index contributed by atoms with van der Waals surface area (Å²) in [6.07, 6.45) is 0.859. The Morgan fingerprint density at radius 3 is 2.79 bits per heavy atom. The average molecular weight is 274 g/mol. The molecule has 2 amide bonds. The van der Waals surface area contributed by atoms with Gasteiger partial charge in [0.2, 0.25) is 0 Å². The molecular weight excluding hydrogens is 252 g/mol. The van der Waals surface area contributed by atoms with E-state index in [0.29, 0.717) is 19.0 Å². The van der Waals surface area contributed by atoms with Gasteiger partial charge in [-0.3, -0.25) is 4.79 Å². The molecule has 1 heterocycles. The lowest BCUT2D eigenvalue weighted by Crippen LogP contribution is -2.46. The van der Waals surface area contributed by atoms with Gasteiger partial charge in [-0.2, -0.15) is 0 Å². The summed E-state index contributed by atoms with van der Waals surface area (Å²) in [5, 5.41) is 20.4. The Morgan fingerprint density at radius 2 is 2.16 bits per heavy atom. The van der Waals surface area contributed by atoms with Crippen LogP contribution in [0.15, 0.2) is 0 Å². The van der Waals surface area contributed by atoms with Crippen LogP contribution >= 0.6 is 0 Å². The number of aliphatic hydroxyl groups excluding tert-OH is 1. The van der Waals surface area contributed by atoms with Gasteiger partial charge >= 0.3 is 12.0 Å². The molecule has 19 heavy (non-hydrogen) atoms. The van der Waals surface area contributed by atoms with Gasteiger partial charge < -0.3 is 25.2 Å². The number of hydrogen-bond acceptors (Lipinski definition) is 4. The zero-order chi connectivity index (χ0) is 14.3. The number of nitrogens with one attached hydrogen (secondary N) is 1. The zero-order valence-corrected chi connectivity index (χ0v) is 11.2. The second-order valence-corrected chi connectivity index (χ2v) is 4.70. The number of likely N-dealkylation sites (tertiary alicyclic amines) is 1. The Hall–Kier alpha value is -1.34. The lowest BCUT2D eigenvalue weighted by Gasteiger charge is -2.25. The fourth-order valence-electron chi connectivity index (χ4n) is 2.13. The summed E-state index contributed by atoms with van der Waals surface area (Å²) in [7, 11) is 0. The van der Waals surface area contributed by atoms with Gasteiger partial charge in [0.25, 0.3) is 0 Å². The molecule has 1 rings (SSSR count). The highest BCUT2D eigenvalue weighted by Crippen LogP contribution is 2.23. The van der Waals surface area contributed by atoms with E-state index in [1.165, 1.54) is 0 Å². The predicted molar refractivity (Wildman–Crippen MR) is 67.8 cm³/mol. The summed E-state index contributed by atoms with van der Waals surface area (Å²) in [6, 6.07) is -0.321. The Kier molecular flexibility index (Phi) is 6.58. The van der Waals surface area contributed by atoms with Gasteiger partial charge in [-0.1, -0.05) is 6.92 Å². The van der Waals surface area contributed by atoms with Gasteiger partial charge in [0.15, 0.2) is 0 Å².